The Labute approximate surface area is 155 Å². The molecule has 1 amide bonds. The minimum atomic E-state index is -0.210. The van der Waals surface area contributed by atoms with Crippen LogP contribution in [0.3, 0.4) is 0 Å². The summed E-state index contributed by atoms with van der Waals surface area (Å²) >= 11 is 2.10. The Bertz CT molecular complexity index is 714. The highest BCUT2D eigenvalue weighted by molar-refractivity contribution is 14.1. The summed E-state index contributed by atoms with van der Waals surface area (Å²) < 4.78 is 16.9. The molecular formula is C18H20INO4. The van der Waals surface area contributed by atoms with Crippen molar-refractivity contribution >= 4 is 34.2 Å². The molecule has 0 aromatic heterocycles. The van der Waals surface area contributed by atoms with Crippen LogP contribution in [0.4, 0.5) is 5.69 Å². The van der Waals surface area contributed by atoms with Gasteiger partial charge in [-0.3, -0.25) is 4.79 Å². The molecule has 0 bridgehead atoms. The second-order valence-corrected chi connectivity index (χ2v) is 6.49. The van der Waals surface area contributed by atoms with Crippen LogP contribution in [0, 0.1) is 3.57 Å². The number of hydrogen-bond donors (Lipinski definition) is 1. The van der Waals surface area contributed by atoms with Crippen molar-refractivity contribution in [3.05, 3.63) is 45.5 Å². The lowest BCUT2D eigenvalue weighted by atomic mass is 10.1. The van der Waals surface area contributed by atoms with E-state index in [4.69, 9.17) is 14.2 Å². The van der Waals surface area contributed by atoms with Crippen LogP contribution >= 0.6 is 22.6 Å². The van der Waals surface area contributed by atoms with Crippen molar-refractivity contribution in [3.8, 4) is 17.2 Å². The first kappa shape index (κ1) is 18.4. The third-order valence-electron chi connectivity index (χ3n) is 3.20. The van der Waals surface area contributed by atoms with Crippen LogP contribution in [0.15, 0.2) is 36.4 Å². The molecule has 0 unspecified atom stereocenters. The fourth-order valence-corrected chi connectivity index (χ4v) is 2.80. The number of amides is 1. The highest BCUT2D eigenvalue weighted by atomic mass is 127. The van der Waals surface area contributed by atoms with E-state index >= 15 is 0 Å². The van der Waals surface area contributed by atoms with Crippen molar-refractivity contribution in [2.75, 3.05) is 19.5 Å². The maximum Gasteiger partial charge on any atom is 0.256 e. The zero-order valence-electron chi connectivity index (χ0n) is 14.1. The summed E-state index contributed by atoms with van der Waals surface area (Å²) in [7, 11) is 3.11. The van der Waals surface area contributed by atoms with Gasteiger partial charge in [-0.25, -0.2) is 0 Å². The molecular weight excluding hydrogens is 421 g/mol. The highest BCUT2D eigenvalue weighted by Crippen LogP contribution is 2.31. The Hall–Kier alpha value is -1.96. The lowest BCUT2D eigenvalue weighted by Gasteiger charge is -2.13. The lowest BCUT2D eigenvalue weighted by molar-refractivity contribution is 0.102. The fourth-order valence-electron chi connectivity index (χ4n) is 2.12. The maximum atomic E-state index is 12.5. The molecule has 0 fully saturated rings. The first-order chi connectivity index (χ1) is 11.4. The molecule has 0 atom stereocenters. The molecule has 0 aliphatic rings. The summed E-state index contributed by atoms with van der Waals surface area (Å²) in [5.74, 6) is 1.67. The monoisotopic (exact) mass is 441 g/mol. The molecule has 0 aliphatic heterocycles. The smallest absolute Gasteiger partial charge is 0.256 e. The van der Waals surface area contributed by atoms with E-state index in [0.29, 0.717) is 22.7 Å². The summed E-state index contributed by atoms with van der Waals surface area (Å²) in [5.41, 5.74) is 1.22. The number of rotatable bonds is 6. The minimum Gasteiger partial charge on any atom is -0.493 e. The van der Waals surface area contributed by atoms with Gasteiger partial charge in [0, 0.05) is 9.26 Å². The Kier molecular flexibility index (Phi) is 6.30. The predicted molar refractivity (Wildman–Crippen MR) is 102 cm³/mol. The fraction of sp³-hybridized carbons (Fsp3) is 0.278. The van der Waals surface area contributed by atoms with E-state index in [1.807, 2.05) is 38.1 Å². The molecule has 2 aromatic rings. The van der Waals surface area contributed by atoms with Crippen molar-refractivity contribution in [1.29, 1.82) is 0 Å². The number of carbonyl (C=O) groups excluding carboxylic acids is 1. The van der Waals surface area contributed by atoms with Gasteiger partial charge in [0.15, 0.2) is 11.5 Å². The van der Waals surface area contributed by atoms with Gasteiger partial charge in [-0.05, 0) is 72.8 Å². The average molecular weight is 441 g/mol. The van der Waals surface area contributed by atoms with E-state index < -0.39 is 0 Å². The van der Waals surface area contributed by atoms with E-state index in [2.05, 4.69) is 27.9 Å². The largest absolute Gasteiger partial charge is 0.493 e. The first-order valence-electron chi connectivity index (χ1n) is 7.44. The first-order valence-corrected chi connectivity index (χ1v) is 8.52. The summed E-state index contributed by atoms with van der Waals surface area (Å²) in [6.07, 6.45) is 0.110. The second-order valence-electron chi connectivity index (χ2n) is 5.33. The molecule has 2 aromatic carbocycles. The van der Waals surface area contributed by atoms with Gasteiger partial charge in [0.05, 0.1) is 25.9 Å². The third-order valence-corrected chi connectivity index (χ3v) is 4.09. The maximum absolute atomic E-state index is 12.5. The average Bonchev–Trinajstić information content (AvgIpc) is 2.55. The van der Waals surface area contributed by atoms with Crippen LogP contribution in [0.2, 0.25) is 0 Å². The Morgan fingerprint density at radius 3 is 2.17 bits per heavy atom. The van der Waals surface area contributed by atoms with Crippen molar-refractivity contribution in [2.45, 2.75) is 20.0 Å². The zero-order valence-corrected chi connectivity index (χ0v) is 16.2. The number of nitrogens with one attached hydrogen (secondary N) is 1. The third kappa shape index (κ3) is 4.53. The van der Waals surface area contributed by atoms with Crippen LogP contribution < -0.4 is 19.5 Å². The predicted octanol–water partition coefficient (Wildman–Crippen LogP) is 4.35. The molecule has 0 radical (unpaired) electrons. The van der Waals surface area contributed by atoms with Gasteiger partial charge >= 0.3 is 0 Å². The minimum absolute atomic E-state index is 0.110. The van der Waals surface area contributed by atoms with Crippen molar-refractivity contribution < 1.29 is 19.0 Å². The molecule has 2 rings (SSSR count). The van der Waals surface area contributed by atoms with Gasteiger partial charge in [-0.15, -0.1) is 0 Å². The molecule has 0 aliphatic carbocycles. The van der Waals surface area contributed by atoms with Crippen LogP contribution in [0.5, 0.6) is 17.2 Å². The number of methoxy groups -OCH3 is 2. The van der Waals surface area contributed by atoms with Gasteiger partial charge in [0.25, 0.3) is 5.91 Å². The standard InChI is InChI=1S/C18H20INO4/c1-11(2)24-13-7-5-12(6-8-13)20-18(21)14-9-16(22-3)17(23-4)10-15(14)19/h5-11H,1-4H3,(H,20,21). The van der Waals surface area contributed by atoms with Gasteiger partial charge in [0.2, 0.25) is 0 Å². The summed E-state index contributed by atoms with van der Waals surface area (Å²) in [6.45, 7) is 3.93. The molecule has 0 spiro atoms. The number of anilines is 1. The summed E-state index contributed by atoms with van der Waals surface area (Å²) in [5, 5.41) is 2.87. The SMILES string of the molecule is COc1cc(I)c(C(=O)Nc2ccc(OC(C)C)cc2)cc1OC. The van der Waals surface area contributed by atoms with Crippen LogP contribution in [0.25, 0.3) is 0 Å². The number of carbonyl (C=O) groups is 1. The van der Waals surface area contributed by atoms with Crippen molar-refractivity contribution in [1.82, 2.24) is 0 Å². The van der Waals surface area contributed by atoms with Crippen molar-refractivity contribution in [2.24, 2.45) is 0 Å². The number of halogens is 1. The topological polar surface area (TPSA) is 56.8 Å². The highest BCUT2D eigenvalue weighted by Gasteiger charge is 2.15. The summed E-state index contributed by atoms with van der Waals surface area (Å²) in [6, 6.07) is 10.7. The number of hydrogen-bond acceptors (Lipinski definition) is 4. The van der Waals surface area contributed by atoms with Crippen molar-refractivity contribution in [3.63, 3.8) is 0 Å². The molecule has 24 heavy (non-hydrogen) atoms. The van der Waals surface area contributed by atoms with Crippen LogP contribution in [0.1, 0.15) is 24.2 Å². The zero-order chi connectivity index (χ0) is 17.7. The van der Waals surface area contributed by atoms with E-state index in [1.165, 1.54) is 0 Å². The molecule has 128 valence electrons. The number of ether oxygens (including phenoxy) is 3. The molecule has 0 saturated heterocycles. The molecule has 1 N–H and O–H groups in total. The molecule has 0 heterocycles. The Balaban J connectivity index is 2.17. The van der Waals surface area contributed by atoms with E-state index in [1.54, 1.807) is 26.4 Å². The summed E-state index contributed by atoms with van der Waals surface area (Å²) in [4.78, 5) is 12.5. The van der Waals surface area contributed by atoms with Crippen LogP contribution in [-0.4, -0.2) is 26.2 Å². The quantitative estimate of drug-likeness (QED) is 0.678. The van der Waals surface area contributed by atoms with E-state index in [0.717, 1.165) is 9.32 Å². The number of benzene rings is 2. The van der Waals surface area contributed by atoms with Gasteiger partial charge in [-0.1, -0.05) is 0 Å². The van der Waals surface area contributed by atoms with Gasteiger partial charge in [-0.2, -0.15) is 0 Å². The molecule has 0 saturated carbocycles. The Morgan fingerprint density at radius 2 is 1.62 bits per heavy atom. The lowest BCUT2D eigenvalue weighted by Crippen LogP contribution is -2.14. The molecule has 5 nitrogen and oxygen atoms in total. The normalized spacial score (nSPS) is 10.4. The second kappa shape index (κ2) is 8.23. The van der Waals surface area contributed by atoms with Crippen LogP contribution in [-0.2, 0) is 0 Å². The Morgan fingerprint density at radius 1 is 1.04 bits per heavy atom. The van der Waals surface area contributed by atoms with E-state index in [9.17, 15) is 4.79 Å². The van der Waals surface area contributed by atoms with Gasteiger partial charge < -0.3 is 19.5 Å². The van der Waals surface area contributed by atoms with Gasteiger partial charge in [0.1, 0.15) is 5.75 Å². The molecule has 6 heteroatoms. The van der Waals surface area contributed by atoms with E-state index in [-0.39, 0.29) is 12.0 Å².